The molecule has 3 rings (SSSR count). The van der Waals surface area contributed by atoms with Crippen molar-refractivity contribution in [3.63, 3.8) is 0 Å². The number of guanidine groups is 2. The van der Waals surface area contributed by atoms with E-state index in [0.29, 0.717) is 18.5 Å². The molecule has 0 bridgehead atoms. The molecule has 1 aliphatic carbocycles. The van der Waals surface area contributed by atoms with Gasteiger partial charge in [-0.25, -0.2) is 14.1 Å². The SMILES string of the molecule is NC(N)=NC(N)=Nc1cc(F)ccc1-n1nc(C(F)(F)F)c2c1CCCC2. The van der Waals surface area contributed by atoms with Crippen molar-refractivity contribution in [2.75, 3.05) is 0 Å². The molecular formula is C16H17F4N7. The van der Waals surface area contributed by atoms with E-state index in [4.69, 9.17) is 17.2 Å². The van der Waals surface area contributed by atoms with Crippen LogP contribution >= 0.6 is 0 Å². The number of alkyl halides is 3. The van der Waals surface area contributed by atoms with Crippen LogP contribution in [0.25, 0.3) is 5.69 Å². The molecule has 0 atom stereocenters. The summed E-state index contributed by atoms with van der Waals surface area (Å²) in [6.45, 7) is 0. The lowest BCUT2D eigenvalue weighted by Crippen LogP contribution is -2.26. The summed E-state index contributed by atoms with van der Waals surface area (Å²) in [5.41, 5.74) is 15.8. The molecule has 0 spiro atoms. The van der Waals surface area contributed by atoms with Crippen LogP contribution in [0.3, 0.4) is 0 Å². The predicted molar refractivity (Wildman–Crippen MR) is 92.3 cm³/mol. The number of aliphatic imine (C=N–C) groups is 2. The minimum atomic E-state index is -4.59. The Balaban J connectivity index is 2.21. The molecule has 0 unspecified atom stereocenters. The lowest BCUT2D eigenvalue weighted by molar-refractivity contribution is -0.142. The molecule has 1 heterocycles. The number of fused-ring (bicyclic) bond motifs is 1. The van der Waals surface area contributed by atoms with Crippen molar-refractivity contribution in [1.29, 1.82) is 0 Å². The molecule has 1 aromatic heterocycles. The van der Waals surface area contributed by atoms with Crippen LogP contribution in [-0.4, -0.2) is 21.7 Å². The second-order valence-electron chi connectivity index (χ2n) is 6.03. The zero-order valence-corrected chi connectivity index (χ0v) is 14.1. The van der Waals surface area contributed by atoms with E-state index in [2.05, 4.69) is 15.1 Å². The highest BCUT2D eigenvalue weighted by molar-refractivity contribution is 5.94. The van der Waals surface area contributed by atoms with Crippen LogP contribution in [0.1, 0.15) is 29.8 Å². The normalized spacial score (nSPS) is 14.7. The van der Waals surface area contributed by atoms with Crippen molar-refractivity contribution in [3.8, 4) is 5.69 Å². The first-order valence-corrected chi connectivity index (χ1v) is 8.08. The molecule has 7 nitrogen and oxygen atoms in total. The van der Waals surface area contributed by atoms with Crippen LogP contribution in [0.4, 0.5) is 23.2 Å². The Morgan fingerprint density at radius 2 is 1.81 bits per heavy atom. The fourth-order valence-electron chi connectivity index (χ4n) is 3.07. The molecule has 0 fully saturated rings. The number of rotatable bonds is 2. The molecule has 2 aromatic rings. The van der Waals surface area contributed by atoms with Crippen LogP contribution in [-0.2, 0) is 19.0 Å². The maximum atomic E-state index is 13.7. The van der Waals surface area contributed by atoms with Gasteiger partial charge in [-0.05, 0) is 37.8 Å². The van der Waals surface area contributed by atoms with Gasteiger partial charge in [-0.1, -0.05) is 0 Å². The van der Waals surface area contributed by atoms with Gasteiger partial charge in [0.05, 0.1) is 11.4 Å². The maximum absolute atomic E-state index is 13.7. The van der Waals surface area contributed by atoms with Gasteiger partial charge in [0.25, 0.3) is 0 Å². The summed E-state index contributed by atoms with van der Waals surface area (Å²) in [6, 6.07) is 3.42. The van der Waals surface area contributed by atoms with Crippen molar-refractivity contribution in [2.24, 2.45) is 27.2 Å². The maximum Gasteiger partial charge on any atom is 0.435 e. The van der Waals surface area contributed by atoms with E-state index in [1.165, 1.54) is 6.07 Å². The number of hydrogen-bond acceptors (Lipinski definition) is 2. The van der Waals surface area contributed by atoms with Gasteiger partial charge in [0, 0.05) is 17.3 Å². The third-order valence-corrected chi connectivity index (χ3v) is 4.09. The van der Waals surface area contributed by atoms with E-state index in [1.54, 1.807) is 0 Å². The van der Waals surface area contributed by atoms with Crippen molar-refractivity contribution < 1.29 is 17.6 Å². The van der Waals surface area contributed by atoms with Crippen molar-refractivity contribution in [2.45, 2.75) is 31.9 Å². The van der Waals surface area contributed by atoms with Gasteiger partial charge in [0.15, 0.2) is 11.7 Å². The van der Waals surface area contributed by atoms with E-state index in [0.717, 1.165) is 23.2 Å². The molecule has 0 saturated heterocycles. The lowest BCUT2D eigenvalue weighted by Gasteiger charge is -2.15. The second-order valence-corrected chi connectivity index (χ2v) is 6.03. The average Bonchev–Trinajstić information content (AvgIpc) is 2.94. The summed E-state index contributed by atoms with van der Waals surface area (Å²) in [5, 5.41) is 3.77. The van der Waals surface area contributed by atoms with E-state index in [1.807, 2.05) is 0 Å². The summed E-state index contributed by atoms with van der Waals surface area (Å²) < 4.78 is 55.0. The van der Waals surface area contributed by atoms with Crippen molar-refractivity contribution in [3.05, 3.63) is 41.0 Å². The smallest absolute Gasteiger partial charge is 0.370 e. The lowest BCUT2D eigenvalue weighted by atomic mass is 9.95. The van der Waals surface area contributed by atoms with Gasteiger partial charge in [-0.2, -0.15) is 23.3 Å². The standard InChI is InChI=1S/C16H17F4N7/c17-8-5-6-12(10(7-8)24-15(23)25-14(21)22)27-11-4-2-1-3-9(11)13(26-27)16(18,19)20/h5-7H,1-4H2,(H6,21,22,23,24,25). The summed E-state index contributed by atoms with van der Waals surface area (Å²) in [4.78, 5) is 7.46. The molecule has 0 saturated carbocycles. The second kappa shape index (κ2) is 6.89. The van der Waals surface area contributed by atoms with Crippen LogP contribution in [0.5, 0.6) is 0 Å². The van der Waals surface area contributed by atoms with Gasteiger partial charge in [0.1, 0.15) is 5.82 Å². The Hall–Kier alpha value is -3.11. The molecule has 27 heavy (non-hydrogen) atoms. The molecule has 0 aliphatic heterocycles. The molecule has 0 radical (unpaired) electrons. The quantitative estimate of drug-likeness (QED) is 0.418. The minimum absolute atomic E-state index is 0.0397. The van der Waals surface area contributed by atoms with Crippen molar-refractivity contribution >= 4 is 17.6 Å². The number of nitrogens with zero attached hydrogens (tertiary/aromatic N) is 4. The van der Waals surface area contributed by atoms with Crippen LogP contribution in [0.15, 0.2) is 28.2 Å². The molecule has 6 N–H and O–H groups in total. The minimum Gasteiger partial charge on any atom is -0.370 e. The molecule has 0 amide bonds. The van der Waals surface area contributed by atoms with E-state index >= 15 is 0 Å². The summed E-state index contributed by atoms with van der Waals surface area (Å²) >= 11 is 0. The molecule has 144 valence electrons. The Morgan fingerprint density at radius 1 is 1.11 bits per heavy atom. The van der Waals surface area contributed by atoms with E-state index < -0.39 is 17.7 Å². The number of nitrogens with two attached hydrogens (primary N) is 3. The van der Waals surface area contributed by atoms with Crippen molar-refractivity contribution in [1.82, 2.24) is 9.78 Å². The Morgan fingerprint density at radius 3 is 2.48 bits per heavy atom. The fourth-order valence-corrected chi connectivity index (χ4v) is 3.07. The number of aromatic nitrogens is 2. The first-order valence-electron chi connectivity index (χ1n) is 8.08. The van der Waals surface area contributed by atoms with Crippen LogP contribution < -0.4 is 17.2 Å². The van der Waals surface area contributed by atoms with Gasteiger partial charge in [-0.3, -0.25) is 0 Å². The third-order valence-electron chi connectivity index (χ3n) is 4.09. The van der Waals surface area contributed by atoms with E-state index in [9.17, 15) is 17.6 Å². The molecule has 11 heteroatoms. The first kappa shape index (κ1) is 18.7. The molecule has 1 aromatic carbocycles. The number of halogens is 4. The van der Waals surface area contributed by atoms with Gasteiger partial charge < -0.3 is 17.2 Å². The van der Waals surface area contributed by atoms with Gasteiger partial charge in [-0.15, -0.1) is 0 Å². The first-order chi connectivity index (χ1) is 12.7. The van der Waals surface area contributed by atoms with Crippen LogP contribution in [0.2, 0.25) is 0 Å². The Bertz CT molecular complexity index is 924. The highest BCUT2D eigenvalue weighted by Crippen LogP contribution is 2.38. The largest absolute Gasteiger partial charge is 0.435 e. The van der Waals surface area contributed by atoms with Gasteiger partial charge >= 0.3 is 6.18 Å². The number of hydrogen-bond donors (Lipinski definition) is 3. The topological polar surface area (TPSA) is 121 Å². The third kappa shape index (κ3) is 3.86. The molecular weight excluding hydrogens is 366 g/mol. The summed E-state index contributed by atoms with van der Waals surface area (Å²) in [6.07, 6.45) is -2.52. The van der Waals surface area contributed by atoms with E-state index in [-0.39, 0.29) is 35.3 Å². The predicted octanol–water partition coefficient (Wildman–Crippen LogP) is 2.13. The highest BCUT2D eigenvalue weighted by Gasteiger charge is 2.39. The fraction of sp³-hybridized carbons (Fsp3) is 0.312. The molecule has 1 aliphatic rings. The Kier molecular flexibility index (Phi) is 4.77. The Labute approximate surface area is 151 Å². The zero-order chi connectivity index (χ0) is 19.8. The van der Waals surface area contributed by atoms with Crippen LogP contribution in [0, 0.1) is 5.82 Å². The summed E-state index contributed by atoms with van der Waals surface area (Å²) in [7, 11) is 0. The highest BCUT2D eigenvalue weighted by atomic mass is 19.4. The monoisotopic (exact) mass is 383 g/mol. The average molecular weight is 383 g/mol. The number of benzene rings is 1. The van der Waals surface area contributed by atoms with Gasteiger partial charge in [0.2, 0.25) is 5.96 Å². The summed E-state index contributed by atoms with van der Waals surface area (Å²) in [5.74, 6) is -1.36. The zero-order valence-electron chi connectivity index (χ0n) is 14.1.